The molecule has 2 aromatic carbocycles. The standard InChI is InChI=1S/C19H22N2O5S2/c1-15-3-5-16(6-4-15)19(22)20-11-13-21(14-12-20)28(25,26)18-9-7-17(8-10-18)27(2,23)24/h3-10H,11-14H2,1-2H3. The summed E-state index contributed by atoms with van der Waals surface area (Å²) in [4.78, 5) is 14.3. The van der Waals surface area contributed by atoms with Gasteiger partial charge in [0.25, 0.3) is 5.91 Å². The van der Waals surface area contributed by atoms with Gasteiger partial charge in [-0.25, -0.2) is 16.8 Å². The predicted octanol–water partition coefficient (Wildman–Crippen LogP) is 1.55. The number of sulfone groups is 1. The zero-order valence-electron chi connectivity index (χ0n) is 15.7. The number of hydrogen-bond acceptors (Lipinski definition) is 5. The second kappa shape index (κ2) is 7.65. The Morgan fingerprint density at radius 1 is 0.786 bits per heavy atom. The van der Waals surface area contributed by atoms with Gasteiger partial charge in [-0.3, -0.25) is 4.79 Å². The second-order valence-electron chi connectivity index (χ2n) is 6.81. The van der Waals surface area contributed by atoms with Crippen LogP contribution < -0.4 is 0 Å². The number of rotatable bonds is 4. The fourth-order valence-electron chi connectivity index (χ4n) is 3.02. The first-order valence-corrected chi connectivity index (χ1v) is 12.1. The van der Waals surface area contributed by atoms with Gasteiger partial charge in [0.1, 0.15) is 0 Å². The minimum atomic E-state index is -3.74. The fraction of sp³-hybridized carbons (Fsp3) is 0.316. The average Bonchev–Trinajstić information content (AvgIpc) is 2.67. The Labute approximate surface area is 165 Å². The van der Waals surface area contributed by atoms with Gasteiger partial charge >= 0.3 is 0 Å². The monoisotopic (exact) mass is 422 g/mol. The first-order valence-electron chi connectivity index (χ1n) is 8.75. The van der Waals surface area contributed by atoms with Crippen LogP contribution in [0.15, 0.2) is 58.3 Å². The number of carbonyl (C=O) groups is 1. The van der Waals surface area contributed by atoms with Gasteiger partial charge < -0.3 is 4.90 Å². The van der Waals surface area contributed by atoms with Crippen molar-refractivity contribution in [1.29, 1.82) is 0 Å². The molecule has 9 heteroatoms. The van der Waals surface area contributed by atoms with E-state index in [9.17, 15) is 21.6 Å². The van der Waals surface area contributed by atoms with Crippen molar-refractivity contribution in [3.05, 3.63) is 59.7 Å². The van der Waals surface area contributed by atoms with Crippen LogP contribution in [-0.2, 0) is 19.9 Å². The molecule has 0 saturated carbocycles. The van der Waals surface area contributed by atoms with Crippen molar-refractivity contribution in [2.75, 3.05) is 32.4 Å². The van der Waals surface area contributed by atoms with Gasteiger partial charge in [0.15, 0.2) is 9.84 Å². The topological polar surface area (TPSA) is 91.8 Å². The molecule has 0 aliphatic carbocycles. The molecule has 1 aliphatic rings. The second-order valence-corrected chi connectivity index (χ2v) is 10.8. The highest BCUT2D eigenvalue weighted by Gasteiger charge is 2.30. The Hall–Kier alpha value is -2.23. The van der Waals surface area contributed by atoms with E-state index in [2.05, 4.69) is 0 Å². The number of piperazine rings is 1. The van der Waals surface area contributed by atoms with Crippen molar-refractivity contribution in [1.82, 2.24) is 9.21 Å². The third-order valence-corrected chi connectivity index (χ3v) is 7.76. The van der Waals surface area contributed by atoms with Crippen molar-refractivity contribution >= 4 is 25.8 Å². The Morgan fingerprint density at radius 3 is 1.79 bits per heavy atom. The van der Waals surface area contributed by atoms with E-state index < -0.39 is 19.9 Å². The lowest BCUT2D eigenvalue weighted by Gasteiger charge is -2.34. The van der Waals surface area contributed by atoms with Gasteiger partial charge in [0, 0.05) is 38.0 Å². The highest BCUT2D eigenvalue weighted by atomic mass is 32.2. The number of amides is 1. The lowest BCUT2D eigenvalue weighted by molar-refractivity contribution is 0.0698. The number of carbonyl (C=O) groups excluding carboxylic acids is 1. The van der Waals surface area contributed by atoms with Crippen molar-refractivity contribution < 1.29 is 21.6 Å². The maximum atomic E-state index is 12.8. The summed E-state index contributed by atoms with van der Waals surface area (Å²) in [7, 11) is -7.13. The van der Waals surface area contributed by atoms with E-state index in [1.54, 1.807) is 17.0 Å². The molecule has 1 amide bonds. The summed E-state index contributed by atoms with van der Waals surface area (Å²) < 4.78 is 50.0. The predicted molar refractivity (Wildman–Crippen MR) is 105 cm³/mol. The van der Waals surface area contributed by atoms with Crippen LogP contribution in [0.25, 0.3) is 0 Å². The molecule has 0 bridgehead atoms. The molecule has 28 heavy (non-hydrogen) atoms. The van der Waals surface area contributed by atoms with Crippen LogP contribution in [0.1, 0.15) is 15.9 Å². The normalized spacial score (nSPS) is 16.1. The van der Waals surface area contributed by atoms with Crippen LogP contribution in [-0.4, -0.2) is 64.4 Å². The van der Waals surface area contributed by atoms with Crippen LogP contribution >= 0.6 is 0 Å². The molecule has 150 valence electrons. The third-order valence-electron chi connectivity index (χ3n) is 4.71. The summed E-state index contributed by atoms with van der Waals surface area (Å²) in [5.74, 6) is -0.116. The maximum Gasteiger partial charge on any atom is 0.253 e. The minimum Gasteiger partial charge on any atom is -0.336 e. The number of sulfonamides is 1. The van der Waals surface area contributed by atoms with E-state index in [1.807, 2.05) is 19.1 Å². The smallest absolute Gasteiger partial charge is 0.253 e. The van der Waals surface area contributed by atoms with E-state index in [-0.39, 0.29) is 28.8 Å². The van der Waals surface area contributed by atoms with E-state index in [0.29, 0.717) is 18.7 Å². The highest BCUT2D eigenvalue weighted by Crippen LogP contribution is 2.20. The first kappa shape index (κ1) is 20.5. The zero-order chi connectivity index (χ0) is 20.5. The molecule has 0 aromatic heterocycles. The van der Waals surface area contributed by atoms with Crippen LogP contribution in [0.5, 0.6) is 0 Å². The molecule has 1 saturated heterocycles. The molecule has 0 N–H and O–H groups in total. The summed E-state index contributed by atoms with van der Waals surface area (Å²) in [6.45, 7) is 2.92. The van der Waals surface area contributed by atoms with Crippen LogP contribution in [0.3, 0.4) is 0 Å². The van der Waals surface area contributed by atoms with Crippen molar-refractivity contribution in [2.45, 2.75) is 16.7 Å². The Morgan fingerprint density at radius 2 is 1.29 bits per heavy atom. The Bertz CT molecular complexity index is 1070. The van der Waals surface area contributed by atoms with Gasteiger partial charge in [-0.1, -0.05) is 17.7 Å². The molecule has 0 unspecified atom stereocenters. The Balaban J connectivity index is 1.69. The van der Waals surface area contributed by atoms with Crippen LogP contribution in [0, 0.1) is 6.92 Å². The van der Waals surface area contributed by atoms with Gasteiger partial charge in [-0.2, -0.15) is 4.31 Å². The Kier molecular flexibility index (Phi) is 5.60. The quantitative estimate of drug-likeness (QED) is 0.745. The summed E-state index contributed by atoms with van der Waals surface area (Å²) >= 11 is 0. The van der Waals surface area contributed by atoms with Gasteiger partial charge in [-0.15, -0.1) is 0 Å². The van der Waals surface area contributed by atoms with E-state index >= 15 is 0 Å². The molecule has 1 fully saturated rings. The summed E-state index contributed by atoms with van der Waals surface area (Å²) in [5, 5.41) is 0. The third kappa shape index (κ3) is 4.26. The summed E-state index contributed by atoms with van der Waals surface area (Å²) in [6.07, 6.45) is 1.07. The summed E-state index contributed by atoms with van der Waals surface area (Å²) in [5.41, 5.74) is 1.65. The maximum absolute atomic E-state index is 12.8. The molecular formula is C19H22N2O5S2. The van der Waals surface area contributed by atoms with Crippen molar-refractivity contribution in [3.8, 4) is 0 Å². The molecule has 2 aromatic rings. The number of benzene rings is 2. The molecule has 0 spiro atoms. The molecule has 1 heterocycles. The van der Waals surface area contributed by atoms with Gasteiger partial charge in [0.2, 0.25) is 10.0 Å². The number of nitrogens with zero attached hydrogens (tertiary/aromatic N) is 2. The molecule has 7 nitrogen and oxygen atoms in total. The highest BCUT2D eigenvalue weighted by molar-refractivity contribution is 7.90. The van der Waals surface area contributed by atoms with E-state index in [1.165, 1.54) is 28.6 Å². The fourth-order valence-corrected chi connectivity index (χ4v) is 5.07. The largest absolute Gasteiger partial charge is 0.336 e. The van der Waals surface area contributed by atoms with Gasteiger partial charge in [0.05, 0.1) is 9.79 Å². The van der Waals surface area contributed by atoms with Gasteiger partial charge in [-0.05, 0) is 43.3 Å². The first-order chi connectivity index (χ1) is 13.1. The lowest BCUT2D eigenvalue weighted by atomic mass is 10.1. The lowest BCUT2D eigenvalue weighted by Crippen LogP contribution is -2.50. The van der Waals surface area contributed by atoms with Crippen LogP contribution in [0.2, 0.25) is 0 Å². The molecular weight excluding hydrogens is 400 g/mol. The molecule has 0 atom stereocenters. The minimum absolute atomic E-state index is 0.0400. The van der Waals surface area contributed by atoms with E-state index in [4.69, 9.17) is 0 Å². The van der Waals surface area contributed by atoms with E-state index in [0.717, 1.165) is 11.8 Å². The number of hydrogen-bond donors (Lipinski definition) is 0. The van der Waals surface area contributed by atoms with Crippen molar-refractivity contribution in [2.24, 2.45) is 0 Å². The number of aryl methyl sites for hydroxylation is 1. The van der Waals surface area contributed by atoms with Crippen molar-refractivity contribution in [3.63, 3.8) is 0 Å². The molecule has 0 radical (unpaired) electrons. The average molecular weight is 423 g/mol. The summed E-state index contributed by atoms with van der Waals surface area (Å²) in [6, 6.07) is 12.5. The SMILES string of the molecule is Cc1ccc(C(=O)N2CCN(S(=O)(=O)c3ccc(S(C)(=O)=O)cc3)CC2)cc1. The molecule has 3 rings (SSSR count). The van der Waals surface area contributed by atoms with Crippen LogP contribution in [0.4, 0.5) is 0 Å². The molecule has 1 aliphatic heterocycles. The zero-order valence-corrected chi connectivity index (χ0v) is 17.3.